The number of carbonyl (C=O) groups is 1. The molecule has 3 rings (SSSR count). The monoisotopic (exact) mass is 443 g/mol. The van der Waals surface area contributed by atoms with Gasteiger partial charge < -0.3 is 15.2 Å². The zero-order valence-corrected chi connectivity index (χ0v) is 17.3. The number of benzene rings is 1. The highest BCUT2D eigenvalue weighted by molar-refractivity contribution is 7.09. The molecule has 1 aliphatic heterocycles. The fourth-order valence-corrected chi connectivity index (χ4v) is 4.17. The predicted octanol–water partition coefficient (Wildman–Crippen LogP) is 2.61. The number of aryl methyl sites for hydroxylation is 1. The lowest BCUT2D eigenvalue weighted by Crippen LogP contribution is -2.49. The topological polar surface area (TPSA) is 74.7 Å². The molecule has 10 heteroatoms. The molecule has 1 aromatic carbocycles. The third kappa shape index (κ3) is 5.57. The van der Waals surface area contributed by atoms with E-state index in [-0.39, 0.29) is 12.6 Å². The summed E-state index contributed by atoms with van der Waals surface area (Å²) in [6, 6.07) is 9.89. The summed E-state index contributed by atoms with van der Waals surface area (Å²) < 4.78 is 46.2. The molecule has 0 aliphatic carbocycles. The van der Waals surface area contributed by atoms with Crippen LogP contribution in [0, 0.1) is 6.92 Å². The van der Waals surface area contributed by atoms with Crippen LogP contribution in [-0.4, -0.2) is 59.4 Å². The second-order valence-corrected chi connectivity index (χ2v) is 8.20. The first-order valence-electron chi connectivity index (χ1n) is 9.53. The molecule has 0 radical (unpaired) electrons. The first kappa shape index (κ1) is 22.7. The van der Waals surface area contributed by atoms with Gasteiger partial charge in [-0.05, 0) is 12.5 Å². The molecule has 30 heavy (non-hydrogen) atoms. The molecule has 0 spiro atoms. The maximum atomic E-state index is 13.5. The van der Waals surface area contributed by atoms with Crippen LogP contribution in [0.2, 0.25) is 0 Å². The number of nitrogens with zero attached hydrogens (tertiary/aromatic N) is 2. The third-order valence-corrected chi connectivity index (χ3v) is 5.97. The molecule has 1 aliphatic rings. The van der Waals surface area contributed by atoms with Gasteiger partial charge in [0.05, 0.1) is 19.1 Å². The summed E-state index contributed by atoms with van der Waals surface area (Å²) in [7, 11) is 0. The van der Waals surface area contributed by atoms with Crippen molar-refractivity contribution in [3.05, 3.63) is 52.0 Å². The summed E-state index contributed by atoms with van der Waals surface area (Å²) in [4.78, 5) is 18.1. The molecule has 2 aromatic rings. The van der Waals surface area contributed by atoms with Crippen molar-refractivity contribution in [2.75, 3.05) is 26.2 Å². The van der Waals surface area contributed by atoms with Gasteiger partial charge in [-0.2, -0.15) is 13.2 Å². The Morgan fingerprint density at radius 1 is 1.37 bits per heavy atom. The van der Waals surface area contributed by atoms with E-state index in [4.69, 9.17) is 4.74 Å². The molecule has 0 bridgehead atoms. The van der Waals surface area contributed by atoms with Gasteiger partial charge in [-0.1, -0.05) is 30.3 Å². The van der Waals surface area contributed by atoms with Crippen LogP contribution in [0.25, 0.3) is 0 Å². The molecule has 1 aromatic heterocycles. The number of alkyl halides is 3. The van der Waals surface area contributed by atoms with E-state index in [1.54, 1.807) is 0 Å². The standard InChI is InChI=1S/C20H24F3N3O3S/c1-14-13-30-18(25-14)19(28,20(21,22)23)9-17(27)24-10-16-12-26(7-8-29-16)11-15-5-3-2-4-6-15/h2-6,13,16,28H,7-12H2,1H3,(H,24,27). The second-order valence-electron chi connectivity index (χ2n) is 7.35. The average molecular weight is 443 g/mol. The first-order chi connectivity index (χ1) is 14.2. The molecule has 2 N–H and O–H groups in total. The van der Waals surface area contributed by atoms with Crippen molar-refractivity contribution in [1.82, 2.24) is 15.2 Å². The summed E-state index contributed by atoms with van der Waals surface area (Å²) in [5, 5.41) is 13.6. The van der Waals surface area contributed by atoms with Gasteiger partial charge in [0.25, 0.3) is 0 Å². The first-order valence-corrected chi connectivity index (χ1v) is 10.4. The van der Waals surface area contributed by atoms with Crippen molar-refractivity contribution in [2.24, 2.45) is 0 Å². The van der Waals surface area contributed by atoms with Crippen molar-refractivity contribution in [1.29, 1.82) is 0 Å². The van der Waals surface area contributed by atoms with Crippen molar-refractivity contribution in [2.45, 2.75) is 37.8 Å². The van der Waals surface area contributed by atoms with Gasteiger partial charge in [0.2, 0.25) is 11.5 Å². The van der Waals surface area contributed by atoms with Crippen LogP contribution in [-0.2, 0) is 21.7 Å². The number of hydrogen-bond donors (Lipinski definition) is 2. The molecule has 2 heterocycles. The number of halogens is 3. The van der Waals surface area contributed by atoms with Crippen molar-refractivity contribution >= 4 is 17.2 Å². The fourth-order valence-electron chi connectivity index (χ4n) is 3.25. The maximum Gasteiger partial charge on any atom is 0.424 e. The van der Waals surface area contributed by atoms with E-state index in [2.05, 4.69) is 15.2 Å². The van der Waals surface area contributed by atoms with Crippen molar-refractivity contribution < 1.29 is 27.8 Å². The van der Waals surface area contributed by atoms with Gasteiger partial charge in [-0.25, -0.2) is 4.98 Å². The molecule has 164 valence electrons. The Kier molecular flexibility index (Phi) is 7.12. The summed E-state index contributed by atoms with van der Waals surface area (Å²) in [5.74, 6) is -0.911. The number of thiazole rings is 1. The Morgan fingerprint density at radius 3 is 2.73 bits per heavy atom. The lowest BCUT2D eigenvalue weighted by molar-refractivity contribution is -0.267. The van der Waals surface area contributed by atoms with Crippen LogP contribution in [0.4, 0.5) is 13.2 Å². The van der Waals surface area contributed by atoms with Crippen LogP contribution in [0.5, 0.6) is 0 Å². The van der Waals surface area contributed by atoms with Crippen LogP contribution in [0.1, 0.15) is 22.7 Å². The van der Waals surface area contributed by atoms with Gasteiger partial charge in [0.1, 0.15) is 5.01 Å². The molecule has 1 amide bonds. The normalized spacial score (nSPS) is 20.0. The highest BCUT2D eigenvalue weighted by atomic mass is 32.1. The molecule has 6 nitrogen and oxygen atoms in total. The minimum Gasteiger partial charge on any atom is -0.374 e. The van der Waals surface area contributed by atoms with Crippen molar-refractivity contribution in [3.63, 3.8) is 0 Å². The maximum absolute atomic E-state index is 13.5. The van der Waals surface area contributed by atoms with E-state index in [1.165, 1.54) is 12.3 Å². The molecule has 2 atom stereocenters. The number of morpholine rings is 1. The van der Waals surface area contributed by atoms with Gasteiger partial charge in [0, 0.05) is 37.3 Å². The molecular weight excluding hydrogens is 419 g/mol. The summed E-state index contributed by atoms with van der Waals surface area (Å²) in [6.45, 7) is 4.07. The number of rotatable bonds is 7. The smallest absolute Gasteiger partial charge is 0.374 e. The number of hydrogen-bond acceptors (Lipinski definition) is 6. The lowest BCUT2D eigenvalue weighted by Gasteiger charge is -2.33. The highest BCUT2D eigenvalue weighted by Gasteiger charge is 2.58. The second kappa shape index (κ2) is 9.42. The van der Waals surface area contributed by atoms with Crippen LogP contribution in [0.15, 0.2) is 35.7 Å². The molecule has 1 saturated heterocycles. The Balaban J connectivity index is 1.55. The fraction of sp³-hybridized carbons (Fsp3) is 0.500. The zero-order chi connectivity index (χ0) is 21.8. The average Bonchev–Trinajstić information content (AvgIpc) is 3.13. The van der Waals surface area contributed by atoms with E-state index in [1.807, 2.05) is 30.3 Å². The van der Waals surface area contributed by atoms with E-state index in [9.17, 15) is 23.1 Å². The van der Waals surface area contributed by atoms with E-state index >= 15 is 0 Å². The Labute approximate surface area is 176 Å². The SMILES string of the molecule is Cc1csc(C(O)(CC(=O)NCC2CN(Cc3ccccc3)CCO2)C(F)(F)F)n1. The molecular formula is C20H24F3N3O3S. The van der Waals surface area contributed by atoms with E-state index in [0.29, 0.717) is 30.2 Å². The Bertz CT molecular complexity index is 847. The molecule has 1 fully saturated rings. The zero-order valence-electron chi connectivity index (χ0n) is 16.5. The number of aliphatic hydroxyl groups is 1. The number of carbonyl (C=O) groups excluding carboxylic acids is 1. The predicted molar refractivity (Wildman–Crippen MR) is 106 cm³/mol. The number of nitrogens with one attached hydrogen (secondary N) is 1. The quantitative estimate of drug-likeness (QED) is 0.688. The summed E-state index contributed by atoms with van der Waals surface area (Å²) in [6.07, 6.45) is -6.51. The van der Waals surface area contributed by atoms with Gasteiger partial charge in [0.15, 0.2) is 0 Å². The van der Waals surface area contributed by atoms with Crippen molar-refractivity contribution in [3.8, 4) is 0 Å². The number of amides is 1. The third-order valence-electron chi connectivity index (χ3n) is 4.86. The van der Waals surface area contributed by atoms with Gasteiger partial charge in [-0.3, -0.25) is 9.69 Å². The van der Waals surface area contributed by atoms with E-state index < -0.39 is 29.1 Å². The molecule has 0 saturated carbocycles. The number of ether oxygens (including phenoxy) is 1. The minimum absolute atomic E-state index is 0.0644. The largest absolute Gasteiger partial charge is 0.424 e. The lowest BCUT2D eigenvalue weighted by atomic mass is 9.99. The van der Waals surface area contributed by atoms with Gasteiger partial charge >= 0.3 is 6.18 Å². The number of aromatic nitrogens is 1. The Hall–Kier alpha value is -2.01. The minimum atomic E-state index is -5.03. The Morgan fingerprint density at radius 2 is 2.10 bits per heavy atom. The van der Waals surface area contributed by atoms with Crippen LogP contribution in [0.3, 0.4) is 0 Å². The van der Waals surface area contributed by atoms with Crippen LogP contribution >= 0.6 is 11.3 Å². The summed E-state index contributed by atoms with van der Waals surface area (Å²) >= 11 is 0.680. The van der Waals surface area contributed by atoms with Gasteiger partial charge in [-0.15, -0.1) is 11.3 Å². The highest BCUT2D eigenvalue weighted by Crippen LogP contribution is 2.42. The van der Waals surface area contributed by atoms with E-state index in [0.717, 1.165) is 18.7 Å². The summed E-state index contributed by atoms with van der Waals surface area (Å²) in [5.41, 5.74) is -1.81. The molecule has 2 unspecified atom stereocenters. The van der Waals surface area contributed by atoms with Crippen LogP contribution < -0.4 is 5.32 Å².